The van der Waals surface area contributed by atoms with Crippen molar-refractivity contribution >= 4 is 35.0 Å². The number of hydrogen-bond donors (Lipinski definition) is 3. The maximum Gasteiger partial charge on any atom is 0.272 e. The van der Waals surface area contributed by atoms with Gasteiger partial charge in [0.05, 0.1) is 5.70 Å². The van der Waals surface area contributed by atoms with Crippen LogP contribution in [-0.2, 0) is 24.3 Å². The Morgan fingerprint density at radius 1 is 1.25 bits per heavy atom. The van der Waals surface area contributed by atoms with E-state index >= 15 is 0 Å². The van der Waals surface area contributed by atoms with Crippen molar-refractivity contribution in [2.75, 3.05) is 18.9 Å². The molecular weight excluding hydrogens is 458 g/mol. The van der Waals surface area contributed by atoms with Crippen LogP contribution in [0, 0.1) is 12.3 Å². The minimum atomic E-state index is -0.444. The summed E-state index contributed by atoms with van der Waals surface area (Å²) in [5, 5.41) is 10.7. The number of nitrogens with one attached hydrogen (secondary N) is 2. The van der Waals surface area contributed by atoms with Gasteiger partial charge in [0.1, 0.15) is 23.9 Å². The van der Waals surface area contributed by atoms with Gasteiger partial charge in [-0.25, -0.2) is 15.0 Å². The van der Waals surface area contributed by atoms with Gasteiger partial charge in [0, 0.05) is 79.3 Å². The first-order valence-electron chi connectivity index (χ1n) is 11.9. The summed E-state index contributed by atoms with van der Waals surface area (Å²) in [6, 6.07) is 1.96. The third-order valence-electron chi connectivity index (χ3n) is 7.29. The Hall–Kier alpha value is -4.28. The second-order valence-electron chi connectivity index (χ2n) is 9.93. The van der Waals surface area contributed by atoms with Gasteiger partial charge in [-0.3, -0.25) is 14.3 Å². The van der Waals surface area contributed by atoms with Crippen LogP contribution >= 0.6 is 0 Å². The monoisotopic (exact) mass is 485 g/mol. The number of allylic oxidation sites excluding steroid dienone is 1. The largest absolute Gasteiger partial charge is 0.383 e. The van der Waals surface area contributed by atoms with Crippen molar-refractivity contribution in [3.05, 3.63) is 58.2 Å². The van der Waals surface area contributed by atoms with Crippen LogP contribution in [-0.4, -0.2) is 56.7 Å². The number of amidine groups is 2. The average Bonchev–Trinajstić information content (AvgIpc) is 3.26. The Morgan fingerprint density at radius 3 is 2.92 bits per heavy atom. The quantitative estimate of drug-likeness (QED) is 0.586. The van der Waals surface area contributed by atoms with E-state index in [1.165, 1.54) is 0 Å². The molecule has 0 fully saturated rings. The van der Waals surface area contributed by atoms with Crippen LogP contribution in [0.3, 0.4) is 0 Å². The van der Waals surface area contributed by atoms with E-state index in [1.54, 1.807) is 29.0 Å². The van der Waals surface area contributed by atoms with Gasteiger partial charge in [-0.05, 0) is 18.6 Å². The lowest BCUT2D eigenvalue weighted by Crippen LogP contribution is -2.36. The van der Waals surface area contributed by atoms with Gasteiger partial charge in [0.25, 0.3) is 5.91 Å². The second kappa shape index (κ2) is 7.87. The first-order valence-corrected chi connectivity index (χ1v) is 11.9. The van der Waals surface area contributed by atoms with Gasteiger partial charge in [-0.15, -0.1) is 0 Å². The maximum absolute atomic E-state index is 12.4. The number of fused-ring (bicyclic) bond motifs is 3. The van der Waals surface area contributed by atoms with Gasteiger partial charge in [-0.2, -0.15) is 5.10 Å². The highest BCUT2D eigenvalue weighted by Crippen LogP contribution is 2.43. The molecule has 0 radical (unpaired) electrons. The van der Waals surface area contributed by atoms with Crippen LogP contribution in [0.4, 0.5) is 5.82 Å². The van der Waals surface area contributed by atoms with E-state index in [-0.39, 0.29) is 18.4 Å². The van der Waals surface area contributed by atoms with Gasteiger partial charge in [0.2, 0.25) is 5.91 Å². The van der Waals surface area contributed by atoms with Gasteiger partial charge >= 0.3 is 0 Å². The first-order chi connectivity index (χ1) is 17.2. The lowest BCUT2D eigenvalue weighted by atomic mass is 9.74. The summed E-state index contributed by atoms with van der Waals surface area (Å²) < 4.78 is 1.73. The molecule has 0 spiro atoms. The molecule has 0 bridgehead atoms. The van der Waals surface area contributed by atoms with Crippen LogP contribution in [0.5, 0.6) is 0 Å². The number of carbonyl (C=O) groups excluding carboxylic acids is 2. The van der Waals surface area contributed by atoms with E-state index in [1.807, 2.05) is 13.0 Å². The number of nitrogens with two attached hydrogens (primary N) is 1. The van der Waals surface area contributed by atoms with Crippen LogP contribution in [0.2, 0.25) is 0 Å². The zero-order valence-electron chi connectivity index (χ0n) is 20.4. The molecule has 0 saturated carbocycles. The van der Waals surface area contributed by atoms with Crippen LogP contribution in [0.25, 0.3) is 5.70 Å². The molecule has 184 valence electrons. The number of aliphatic imine (C=N–C) groups is 2. The average molecular weight is 486 g/mol. The molecule has 4 aliphatic heterocycles. The summed E-state index contributed by atoms with van der Waals surface area (Å²) >= 11 is 0. The lowest BCUT2D eigenvalue weighted by molar-refractivity contribution is -0.121. The highest BCUT2D eigenvalue weighted by atomic mass is 16.2. The van der Waals surface area contributed by atoms with E-state index in [0.717, 1.165) is 45.9 Å². The Labute approximate surface area is 207 Å². The fourth-order valence-corrected chi connectivity index (χ4v) is 5.30. The smallest absolute Gasteiger partial charge is 0.272 e. The zero-order chi connectivity index (χ0) is 25.2. The first kappa shape index (κ1) is 22.2. The Kier molecular flexibility index (Phi) is 4.85. The third-order valence-corrected chi connectivity index (χ3v) is 7.29. The van der Waals surface area contributed by atoms with Gasteiger partial charge in [-0.1, -0.05) is 6.92 Å². The molecule has 0 aliphatic carbocycles. The van der Waals surface area contributed by atoms with Crippen molar-refractivity contribution in [1.29, 1.82) is 0 Å². The number of amides is 2. The number of nitrogens with zero attached hydrogens (tertiary/aromatic N) is 6. The molecule has 4 aliphatic rings. The van der Waals surface area contributed by atoms with Crippen LogP contribution in [0.1, 0.15) is 46.2 Å². The molecule has 2 aromatic heterocycles. The van der Waals surface area contributed by atoms with Crippen molar-refractivity contribution < 1.29 is 9.59 Å². The molecule has 2 aromatic rings. The fourth-order valence-electron chi connectivity index (χ4n) is 5.30. The molecule has 6 rings (SSSR count). The molecular formula is C25H27N9O2. The molecule has 1 unspecified atom stereocenters. The normalized spacial score (nSPS) is 22.9. The van der Waals surface area contributed by atoms with Crippen LogP contribution in [0.15, 0.2) is 40.1 Å². The van der Waals surface area contributed by atoms with Crippen molar-refractivity contribution in [1.82, 2.24) is 25.0 Å². The fraction of sp³-hybridized carbons (Fsp3) is 0.360. The highest BCUT2D eigenvalue weighted by molar-refractivity contribution is 6.07. The molecule has 36 heavy (non-hydrogen) atoms. The number of aromatic nitrogens is 3. The topological polar surface area (TPSA) is 143 Å². The van der Waals surface area contributed by atoms with E-state index in [0.29, 0.717) is 36.9 Å². The molecule has 4 N–H and O–H groups in total. The van der Waals surface area contributed by atoms with Crippen molar-refractivity contribution in [2.45, 2.75) is 39.8 Å². The SMILES string of the molecule is Cc1c(C2=CC3(C)CC(Nc4cc5n(n4)CC(=O)NCC5)=NC=C3C(N)=N2)cnc2c1CN(C)C2=O. The maximum atomic E-state index is 12.4. The summed E-state index contributed by atoms with van der Waals surface area (Å²) in [5.74, 6) is 1.73. The summed E-state index contributed by atoms with van der Waals surface area (Å²) in [4.78, 5) is 39.6. The summed E-state index contributed by atoms with van der Waals surface area (Å²) in [7, 11) is 1.78. The standard InChI is InChI=1S/C25H27N9O2/c1-13-15(9-29-22-16(13)11-33(3)24(22)36)18-7-25(2)8-20(28-10-17(25)23(26)30-18)31-19-6-14-4-5-27-21(35)12-34(14)32-19/h6-7,9-10H,4-5,8,11-12H2,1-3H3,(H2,26,30)(H,27,35)(H,28,31,32). The van der Waals surface area contributed by atoms with Gasteiger partial charge in [0.15, 0.2) is 5.82 Å². The molecule has 6 heterocycles. The van der Waals surface area contributed by atoms with E-state index in [4.69, 9.17) is 5.73 Å². The molecule has 0 saturated heterocycles. The van der Waals surface area contributed by atoms with E-state index < -0.39 is 5.41 Å². The molecule has 11 nitrogen and oxygen atoms in total. The van der Waals surface area contributed by atoms with Gasteiger partial charge < -0.3 is 21.3 Å². The van der Waals surface area contributed by atoms with Crippen LogP contribution < -0.4 is 16.4 Å². The predicted octanol–water partition coefficient (Wildman–Crippen LogP) is 1.36. The summed E-state index contributed by atoms with van der Waals surface area (Å²) in [6.45, 7) is 5.45. The minimum absolute atomic E-state index is 0.0412. The molecule has 11 heteroatoms. The van der Waals surface area contributed by atoms with E-state index in [2.05, 4.69) is 43.7 Å². The number of hydrogen-bond acceptors (Lipinski definition) is 8. The number of anilines is 1. The number of carbonyl (C=O) groups is 2. The Bertz CT molecular complexity index is 1460. The molecule has 1 atom stereocenters. The number of pyridine rings is 1. The second-order valence-corrected chi connectivity index (χ2v) is 9.93. The predicted molar refractivity (Wildman–Crippen MR) is 135 cm³/mol. The molecule has 0 aromatic carbocycles. The van der Waals surface area contributed by atoms with Crippen molar-refractivity contribution in [3.63, 3.8) is 0 Å². The Morgan fingerprint density at radius 2 is 2.08 bits per heavy atom. The Balaban J connectivity index is 1.30. The van der Waals surface area contributed by atoms with E-state index in [9.17, 15) is 9.59 Å². The summed E-state index contributed by atoms with van der Waals surface area (Å²) in [6.07, 6.45) is 6.88. The van der Waals surface area contributed by atoms with Crippen molar-refractivity contribution in [2.24, 2.45) is 21.1 Å². The highest BCUT2D eigenvalue weighted by Gasteiger charge is 2.38. The number of rotatable bonds is 2. The molecule has 2 amide bonds. The summed E-state index contributed by atoms with van der Waals surface area (Å²) in [5.41, 5.74) is 11.9. The lowest BCUT2D eigenvalue weighted by Gasteiger charge is -2.35. The third kappa shape index (κ3) is 3.50. The zero-order valence-corrected chi connectivity index (χ0v) is 20.4. The van der Waals surface area contributed by atoms with Crippen molar-refractivity contribution in [3.8, 4) is 0 Å². The minimum Gasteiger partial charge on any atom is -0.383 e.